The SMILES string of the molecule is CC(=O)OC1C(OC(C)=O)[C@@](CCCOS(=O)(=O)c2ccc(C)cc2)(OC(C)=O)[C@@H](OC(C)=O)C(OC(C)=O)[C@H]1OC(C)=O. The summed E-state index contributed by atoms with van der Waals surface area (Å²) in [5.41, 5.74) is -1.48. The fourth-order valence-corrected chi connectivity index (χ4v) is 5.86. The van der Waals surface area contributed by atoms with Gasteiger partial charge in [-0.1, -0.05) is 17.7 Å². The number of rotatable bonds is 12. The van der Waals surface area contributed by atoms with Gasteiger partial charge >= 0.3 is 35.8 Å². The second-order valence-electron chi connectivity index (χ2n) is 10.0. The second kappa shape index (κ2) is 15.1. The van der Waals surface area contributed by atoms with E-state index in [-0.39, 0.29) is 11.3 Å². The molecule has 1 aliphatic carbocycles. The molecule has 44 heavy (non-hydrogen) atoms. The van der Waals surface area contributed by atoms with Crippen molar-refractivity contribution in [3.8, 4) is 0 Å². The lowest BCUT2D eigenvalue weighted by atomic mass is 9.71. The number of aryl methyl sites for hydroxylation is 1. The Morgan fingerprint density at radius 3 is 1.43 bits per heavy atom. The zero-order valence-electron chi connectivity index (χ0n) is 25.3. The van der Waals surface area contributed by atoms with Crippen molar-refractivity contribution in [1.82, 2.24) is 0 Å². The molecule has 1 aliphatic rings. The molecule has 0 spiro atoms. The molecule has 0 heterocycles. The topological polar surface area (TPSA) is 201 Å². The minimum Gasteiger partial charge on any atom is -0.454 e. The molecule has 6 atom stereocenters. The van der Waals surface area contributed by atoms with E-state index >= 15 is 0 Å². The summed E-state index contributed by atoms with van der Waals surface area (Å²) in [5.74, 6) is -5.81. The Bertz CT molecular complexity index is 1310. The van der Waals surface area contributed by atoms with Gasteiger partial charge in [0.2, 0.25) is 0 Å². The maximum absolute atomic E-state index is 12.8. The summed E-state index contributed by atoms with van der Waals surface area (Å²) in [6.07, 6.45) is -9.65. The quantitative estimate of drug-likeness (QED) is 0.137. The number of carbonyl (C=O) groups is 6. The zero-order chi connectivity index (χ0) is 33.4. The van der Waals surface area contributed by atoms with Crippen LogP contribution in [0.2, 0.25) is 0 Å². The first-order valence-corrected chi connectivity index (χ1v) is 14.8. The van der Waals surface area contributed by atoms with Gasteiger partial charge in [0.1, 0.15) is 0 Å². The van der Waals surface area contributed by atoms with Gasteiger partial charge in [0.25, 0.3) is 10.1 Å². The van der Waals surface area contributed by atoms with E-state index in [1.54, 1.807) is 19.1 Å². The standard InChI is InChI=1S/C28H36O15S/c1-15-9-11-22(12-10-15)44(35,36)37-14-8-13-28(43-21(7)34)26(41-19(5)32)24(39-17(3)30)23(38-16(2)29)25(40-18(4)31)27(28)42-20(6)33/h9-12,23-27H,8,13-14H2,1-7H3/t23-,24?,25?,26+,27?,28+/m1/s1. The minimum absolute atomic E-state index is 0.125. The van der Waals surface area contributed by atoms with Gasteiger partial charge in [-0.3, -0.25) is 33.0 Å². The van der Waals surface area contributed by atoms with E-state index < -0.39 is 95.1 Å². The van der Waals surface area contributed by atoms with Crippen molar-refractivity contribution in [2.24, 2.45) is 0 Å². The van der Waals surface area contributed by atoms with Gasteiger partial charge in [-0.05, 0) is 31.9 Å². The van der Waals surface area contributed by atoms with Crippen LogP contribution in [0.1, 0.15) is 59.9 Å². The first kappa shape index (κ1) is 36.1. The van der Waals surface area contributed by atoms with E-state index in [0.29, 0.717) is 0 Å². The molecule has 1 saturated carbocycles. The lowest BCUT2D eigenvalue weighted by molar-refractivity contribution is -0.291. The van der Waals surface area contributed by atoms with E-state index in [2.05, 4.69) is 0 Å². The Kier molecular flexibility index (Phi) is 12.4. The molecule has 0 N–H and O–H groups in total. The Labute approximate surface area is 254 Å². The van der Waals surface area contributed by atoms with Crippen molar-refractivity contribution in [3.05, 3.63) is 29.8 Å². The van der Waals surface area contributed by atoms with Gasteiger partial charge < -0.3 is 28.4 Å². The molecule has 0 bridgehead atoms. The first-order chi connectivity index (χ1) is 20.4. The third-order valence-electron chi connectivity index (χ3n) is 6.29. The van der Waals surface area contributed by atoms with Crippen LogP contribution in [0.4, 0.5) is 0 Å². The van der Waals surface area contributed by atoms with Crippen LogP contribution in [0.25, 0.3) is 0 Å². The fraction of sp³-hybridized carbons (Fsp3) is 0.571. The highest BCUT2D eigenvalue weighted by Gasteiger charge is 2.68. The summed E-state index contributed by atoms with van der Waals surface area (Å²) < 4.78 is 63.5. The molecule has 0 aliphatic heterocycles. The predicted octanol–water partition coefficient (Wildman–Crippen LogP) is 1.45. The maximum Gasteiger partial charge on any atom is 0.303 e. The van der Waals surface area contributed by atoms with E-state index in [1.165, 1.54) is 12.1 Å². The summed E-state index contributed by atoms with van der Waals surface area (Å²) >= 11 is 0. The summed E-state index contributed by atoms with van der Waals surface area (Å²) in [4.78, 5) is 73.8. The molecule has 15 nitrogen and oxygen atoms in total. The Hall–Kier alpha value is -4.05. The van der Waals surface area contributed by atoms with Crippen LogP contribution in [0.3, 0.4) is 0 Å². The Morgan fingerprint density at radius 1 is 0.636 bits per heavy atom. The lowest BCUT2D eigenvalue weighted by Gasteiger charge is -2.53. The van der Waals surface area contributed by atoms with Crippen molar-refractivity contribution in [3.63, 3.8) is 0 Å². The molecule has 16 heteroatoms. The average molecular weight is 645 g/mol. The largest absolute Gasteiger partial charge is 0.454 e. The Morgan fingerprint density at radius 2 is 1.05 bits per heavy atom. The van der Waals surface area contributed by atoms with E-state index in [4.69, 9.17) is 32.6 Å². The molecule has 0 radical (unpaired) electrons. The van der Waals surface area contributed by atoms with Crippen LogP contribution >= 0.6 is 0 Å². The maximum atomic E-state index is 12.8. The van der Waals surface area contributed by atoms with Crippen molar-refractivity contribution in [1.29, 1.82) is 0 Å². The number of ether oxygens (including phenoxy) is 6. The van der Waals surface area contributed by atoms with Gasteiger partial charge in [-0.2, -0.15) is 8.42 Å². The summed E-state index contributed by atoms with van der Waals surface area (Å²) in [7, 11) is -4.24. The smallest absolute Gasteiger partial charge is 0.303 e. The first-order valence-electron chi connectivity index (χ1n) is 13.4. The van der Waals surface area contributed by atoms with Crippen molar-refractivity contribution in [2.75, 3.05) is 6.61 Å². The zero-order valence-corrected chi connectivity index (χ0v) is 26.2. The van der Waals surface area contributed by atoms with Crippen molar-refractivity contribution >= 4 is 45.9 Å². The molecule has 3 unspecified atom stereocenters. The number of hydrogen-bond donors (Lipinski definition) is 0. The summed E-state index contributed by atoms with van der Waals surface area (Å²) in [6.45, 7) is 7.20. The predicted molar refractivity (Wildman–Crippen MR) is 146 cm³/mol. The monoisotopic (exact) mass is 644 g/mol. The van der Waals surface area contributed by atoms with E-state index in [9.17, 15) is 37.2 Å². The van der Waals surface area contributed by atoms with Crippen LogP contribution < -0.4 is 0 Å². The highest BCUT2D eigenvalue weighted by Crippen LogP contribution is 2.44. The summed E-state index contributed by atoms with van der Waals surface area (Å²) in [6, 6.07) is 5.85. The molecular weight excluding hydrogens is 608 g/mol. The lowest BCUT2D eigenvalue weighted by Crippen LogP contribution is -2.75. The minimum atomic E-state index is -4.24. The second-order valence-corrected chi connectivity index (χ2v) is 11.6. The molecule has 0 aromatic heterocycles. The van der Waals surface area contributed by atoms with Gasteiger partial charge in [0.05, 0.1) is 11.5 Å². The van der Waals surface area contributed by atoms with Crippen LogP contribution in [0.15, 0.2) is 29.2 Å². The Balaban J connectivity index is 2.71. The molecule has 0 saturated heterocycles. The fourth-order valence-electron chi connectivity index (χ4n) is 4.92. The normalized spacial score (nSPS) is 24.8. The van der Waals surface area contributed by atoms with Crippen molar-refractivity contribution in [2.45, 2.75) is 102 Å². The van der Waals surface area contributed by atoms with Gasteiger partial charge in [0, 0.05) is 41.5 Å². The number of esters is 6. The summed E-state index contributed by atoms with van der Waals surface area (Å²) in [5, 5.41) is 0. The molecule has 1 fully saturated rings. The van der Waals surface area contributed by atoms with E-state index in [0.717, 1.165) is 47.1 Å². The van der Waals surface area contributed by atoms with Gasteiger partial charge in [0.15, 0.2) is 36.1 Å². The van der Waals surface area contributed by atoms with Crippen LogP contribution in [-0.2, 0) is 71.5 Å². The van der Waals surface area contributed by atoms with Crippen LogP contribution in [-0.4, -0.2) is 87.0 Å². The molecule has 1 aromatic carbocycles. The molecule has 0 amide bonds. The van der Waals surface area contributed by atoms with Gasteiger partial charge in [-0.25, -0.2) is 0 Å². The van der Waals surface area contributed by atoms with Crippen LogP contribution in [0.5, 0.6) is 0 Å². The number of benzene rings is 1. The number of hydrogen-bond acceptors (Lipinski definition) is 15. The molecular formula is C28H36O15S. The third kappa shape index (κ3) is 9.47. The average Bonchev–Trinajstić information content (AvgIpc) is 2.87. The van der Waals surface area contributed by atoms with Crippen molar-refractivity contribution < 1.29 is 69.8 Å². The number of carbonyl (C=O) groups excluding carboxylic acids is 6. The van der Waals surface area contributed by atoms with Crippen LogP contribution in [0, 0.1) is 6.92 Å². The molecule has 1 aromatic rings. The highest BCUT2D eigenvalue weighted by atomic mass is 32.2. The van der Waals surface area contributed by atoms with Gasteiger partial charge in [-0.15, -0.1) is 0 Å². The molecule has 244 valence electrons. The third-order valence-corrected chi connectivity index (χ3v) is 7.62. The molecule has 2 rings (SSSR count). The van der Waals surface area contributed by atoms with E-state index in [1.807, 2.05) is 0 Å². The highest BCUT2D eigenvalue weighted by molar-refractivity contribution is 7.86.